The highest BCUT2D eigenvalue weighted by atomic mass is 15.1. The third-order valence-electron chi connectivity index (χ3n) is 11.2. The molecule has 0 saturated carbocycles. The van der Waals surface area contributed by atoms with E-state index in [9.17, 15) is 0 Å². The molecular weight excluding hydrogens is 641 g/mol. The molecule has 0 spiro atoms. The normalized spacial score (nSPS) is 12.9. The summed E-state index contributed by atoms with van der Waals surface area (Å²) in [5, 5.41) is 11.4. The zero-order chi connectivity index (χ0) is 35.5. The van der Waals surface area contributed by atoms with Crippen molar-refractivity contribution in [3.05, 3.63) is 199 Å². The molecule has 9 aromatic carbocycles. The second kappa shape index (κ2) is 12.3. The van der Waals surface area contributed by atoms with Crippen LogP contribution in [0.25, 0.3) is 54.6 Å². The summed E-state index contributed by atoms with van der Waals surface area (Å²) in [5.41, 5.74) is 13.2. The smallest absolute Gasteiger partial charge is 0.0465 e. The summed E-state index contributed by atoms with van der Waals surface area (Å²) in [6.07, 6.45) is 0. The predicted molar refractivity (Wildman–Crippen MR) is 226 cm³/mol. The van der Waals surface area contributed by atoms with Crippen molar-refractivity contribution in [2.45, 2.75) is 19.3 Å². The number of nitrogens with zero attached hydrogens (tertiary/aromatic N) is 1. The number of anilines is 5. The van der Waals surface area contributed by atoms with E-state index in [4.69, 9.17) is 0 Å². The van der Waals surface area contributed by atoms with E-state index < -0.39 is 0 Å². The Morgan fingerprint density at radius 2 is 1.02 bits per heavy atom. The van der Waals surface area contributed by atoms with Crippen molar-refractivity contribution < 1.29 is 0 Å². The average Bonchev–Trinajstić information content (AvgIpc) is 3.44. The average molecular weight is 679 g/mol. The molecule has 0 amide bonds. The molecule has 1 aliphatic rings. The summed E-state index contributed by atoms with van der Waals surface area (Å²) in [6, 6.07) is 68.4. The number of rotatable bonds is 6. The quantitative estimate of drug-likeness (QED) is 0.176. The first-order valence-electron chi connectivity index (χ1n) is 18.4. The van der Waals surface area contributed by atoms with Gasteiger partial charge in [0.1, 0.15) is 0 Å². The number of hydrogen-bond donors (Lipinski definition) is 1. The van der Waals surface area contributed by atoms with Crippen LogP contribution in [0, 0.1) is 0 Å². The van der Waals surface area contributed by atoms with E-state index in [0.29, 0.717) is 0 Å². The van der Waals surface area contributed by atoms with Gasteiger partial charge in [-0.3, -0.25) is 0 Å². The molecule has 0 unspecified atom stereocenters. The third kappa shape index (κ3) is 5.10. The number of fused-ring (bicyclic) bond motifs is 8. The lowest BCUT2D eigenvalue weighted by Gasteiger charge is -2.28. The van der Waals surface area contributed by atoms with Crippen molar-refractivity contribution in [1.82, 2.24) is 0 Å². The van der Waals surface area contributed by atoms with Gasteiger partial charge in [0.15, 0.2) is 0 Å². The van der Waals surface area contributed by atoms with Crippen LogP contribution in [-0.2, 0) is 5.41 Å². The highest BCUT2D eigenvalue weighted by molar-refractivity contribution is 6.23. The fourth-order valence-electron chi connectivity index (χ4n) is 8.63. The molecule has 0 radical (unpaired) electrons. The molecule has 1 N–H and O–H groups in total. The Morgan fingerprint density at radius 1 is 0.396 bits per heavy atom. The Hall–Kier alpha value is -6.64. The van der Waals surface area contributed by atoms with Crippen LogP contribution in [0.3, 0.4) is 0 Å². The molecule has 2 nitrogen and oxygen atoms in total. The summed E-state index contributed by atoms with van der Waals surface area (Å²) < 4.78 is 0. The van der Waals surface area contributed by atoms with Gasteiger partial charge in [0.25, 0.3) is 0 Å². The van der Waals surface area contributed by atoms with Crippen LogP contribution < -0.4 is 10.2 Å². The molecule has 9 aromatic rings. The first-order chi connectivity index (χ1) is 26.0. The number of para-hydroxylation sites is 2. The predicted octanol–water partition coefficient (Wildman–Crippen LogP) is 14.3. The molecule has 0 saturated heterocycles. The highest BCUT2D eigenvalue weighted by Gasteiger charge is 2.35. The topological polar surface area (TPSA) is 15.3 Å². The lowest BCUT2D eigenvalue weighted by Crippen LogP contribution is -2.16. The van der Waals surface area contributed by atoms with Crippen LogP contribution in [0.4, 0.5) is 28.4 Å². The van der Waals surface area contributed by atoms with E-state index in [1.54, 1.807) is 0 Å². The van der Waals surface area contributed by atoms with Gasteiger partial charge in [0.05, 0.1) is 0 Å². The molecule has 0 aromatic heterocycles. The van der Waals surface area contributed by atoms with E-state index in [2.05, 4.69) is 212 Å². The molecule has 2 heteroatoms. The summed E-state index contributed by atoms with van der Waals surface area (Å²) in [7, 11) is 0. The van der Waals surface area contributed by atoms with E-state index in [-0.39, 0.29) is 5.41 Å². The number of benzene rings is 9. The van der Waals surface area contributed by atoms with Gasteiger partial charge in [-0.2, -0.15) is 0 Å². The molecule has 252 valence electrons. The molecule has 0 heterocycles. The van der Waals surface area contributed by atoms with Crippen molar-refractivity contribution in [3.63, 3.8) is 0 Å². The van der Waals surface area contributed by atoms with Crippen molar-refractivity contribution in [2.75, 3.05) is 10.2 Å². The van der Waals surface area contributed by atoms with Crippen molar-refractivity contribution >= 4 is 60.8 Å². The maximum atomic E-state index is 3.81. The van der Waals surface area contributed by atoms with E-state index in [1.165, 1.54) is 65.7 Å². The fraction of sp³-hybridized carbons (Fsp3) is 0.0588. The lowest BCUT2D eigenvalue weighted by atomic mass is 9.82. The summed E-state index contributed by atoms with van der Waals surface area (Å²) in [6.45, 7) is 4.69. The van der Waals surface area contributed by atoms with Crippen LogP contribution in [-0.4, -0.2) is 0 Å². The Morgan fingerprint density at radius 3 is 1.85 bits per heavy atom. The first-order valence-corrected chi connectivity index (χ1v) is 18.4. The van der Waals surface area contributed by atoms with Crippen LogP contribution >= 0.6 is 0 Å². The number of hydrogen-bond acceptors (Lipinski definition) is 2. The molecular formula is C51H38N2. The summed E-state index contributed by atoms with van der Waals surface area (Å²) >= 11 is 0. The molecule has 10 rings (SSSR count). The van der Waals surface area contributed by atoms with E-state index >= 15 is 0 Å². The van der Waals surface area contributed by atoms with Crippen LogP contribution in [0.15, 0.2) is 188 Å². The molecule has 53 heavy (non-hydrogen) atoms. The maximum absolute atomic E-state index is 3.81. The fourth-order valence-corrected chi connectivity index (χ4v) is 8.63. The van der Waals surface area contributed by atoms with Gasteiger partial charge in [-0.05, 0) is 121 Å². The summed E-state index contributed by atoms with van der Waals surface area (Å²) in [4.78, 5) is 2.36. The summed E-state index contributed by atoms with van der Waals surface area (Å²) in [5.74, 6) is 0. The van der Waals surface area contributed by atoms with Gasteiger partial charge in [-0.25, -0.2) is 0 Å². The van der Waals surface area contributed by atoms with Crippen molar-refractivity contribution in [2.24, 2.45) is 0 Å². The monoisotopic (exact) mass is 678 g/mol. The second-order valence-corrected chi connectivity index (χ2v) is 14.6. The Labute approximate surface area is 310 Å². The van der Waals surface area contributed by atoms with Gasteiger partial charge < -0.3 is 10.2 Å². The van der Waals surface area contributed by atoms with E-state index in [0.717, 1.165) is 28.4 Å². The van der Waals surface area contributed by atoms with Gasteiger partial charge >= 0.3 is 0 Å². The van der Waals surface area contributed by atoms with Crippen LogP contribution in [0.1, 0.15) is 25.0 Å². The first kappa shape index (κ1) is 31.1. The zero-order valence-corrected chi connectivity index (χ0v) is 29.8. The number of nitrogens with one attached hydrogen (secondary N) is 1. The van der Waals surface area contributed by atoms with Crippen molar-refractivity contribution in [1.29, 1.82) is 0 Å². The van der Waals surface area contributed by atoms with Gasteiger partial charge in [-0.1, -0.05) is 141 Å². The molecule has 0 atom stereocenters. The van der Waals surface area contributed by atoms with Gasteiger partial charge in [0.2, 0.25) is 0 Å². The minimum Gasteiger partial charge on any atom is -0.355 e. The Balaban J connectivity index is 1.05. The third-order valence-corrected chi connectivity index (χ3v) is 11.2. The standard InChI is InChI=1S/C51H38N2/c1-51(2)47-22-12-10-20-42(47)43-31-29-39(33-48(43)51)53(37-16-4-3-5-17-37)38-27-25-36(26-28-38)52-49-23-13-11-21-44(49)46-32-35-15-7-8-18-40(35)45-30-24-34-14-6-9-19-41(34)50(45)46/h3-33,52H,1-2H3. The molecule has 0 fully saturated rings. The van der Waals surface area contributed by atoms with Gasteiger partial charge in [-0.15, -0.1) is 0 Å². The SMILES string of the molecule is CC1(C)c2ccccc2-c2ccc(N(c3ccccc3)c3ccc(Nc4ccccc4-c4cc5ccccc5c5ccc6ccccc6c45)cc3)cc21. The molecule has 0 aliphatic heterocycles. The molecule has 0 bridgehead atoms. The van der Waals surface area contributed by atoms with Gasteiger partial charge in [0, 0.05) is 39.4 Å². The zero-order valence-electron chi connectivity index (χ0n) is 29.8. The van der Waals surface area contributed by atoms with Crippen LogP contribution in [0.2, 0.25) is 0 Å². The minimum absolute atomic E-state index is 0.0753. The lowest BCUT2D eigenvalue weighted by molar-refractivity contribution is 0.660. The van der Waals surface area contributed by atoms with E-state index in [1.807, 2.05) is 0 Å². The highest BCUT2D eigenvalue weighted by Crippen LogP contribution is 2.50. The largest absolute Gasteiger partial charge is 0.355 e. The minimum atomic E-state index is -0.0753. The van der Waals surface area contributed by atoms with Crippen molar-refractivity contribution in [3.8, 4) is 22.3 Å². The second-order valence-electron chi connectivity index (χ2n) is 14.6. The molecule has 1 aliphatic carbocycles. The Kier molecular flexibility index (Phi) is 7.19. The maximum Gasteiger partial charge on any atom is 0.0465 e. The Bertz CT molecular complexity index is 2830. The van der Waals surface area contributed by atoms with Crippen LogP contribution in [0.5, 0.6) is 0 Å².